The van der Waals surface area contributed by atoms with Gasteiger partial charge in [-0.2, -0.15) is 22.0 Å². The molecule has 0 saturated carbocycles. The topological polar surface area (TPSA) is 32.7 Å². The minimum atomic E-state index is -5.69. The number of rotatable bonds is 11. The first-order valence-electron chi connectivity index (χ1n) is 12.3. The highest BCUT2D eigenvalue weighted by molar-refractivity contribution is 5.52. The molecule has 3 aromatic carbocycles. The summed E-state index contributed by atoms with van der Waals surface area (Å²) < 4.78 is 72.7. The van der Waals surface area contributed by atoms with Gasteiger partial charge in [0, 0.05) is 30.4 Å². The smallest absolute Gasteiger partial charge is 0.457 e. The molecule has 0 aliphatic heterocycles. The van der Waals surface area contributed by atoms with Crippen molar-refractivity contribution in [3.8, 4) is 11.5 Å². The minimum absolute atomic E-state index is 0.0227. The van der Waals surface area contributed by atoms with Crippen molar-refractivity contribution in [1.82, 2.24) is 0 Å². The van der Waals surface area contributed by atoms with Crippen LogP contribution in [-0.4, -0.2) is 23.9 Å². The van der Waals surface area contributed by atoms with E-state index in [-0.39, 0.29) is 18.7 Å². The van der Waals surface area contributed by atoms with E-state index in [1.54, 1.807) is 29.2 Å². The maximum atomic E-state index is 14.0. The molecule has 1 unspecified atom stereocenters. The first kappa shape index (κ1) is 28.4. The molecule has 1 atom stereocenters. The van der Waals surface area contributed by atoms with E-state index >= 15 is 0 Å². The van der Waals surface area contributed by atoms with E-state index in [1.807, 2.05) is 31.2 Å². The number of hydrogen-bond donors (Lipinski definition) is 1. The summed E-state index contributed by atoms with van der Waals surface area (Å²) in [6.45, 7) is 6.28. The number of halogens is 5. The molecule has 1 N–H and O–H groups in total. The highest BCUT2D eigenvalue weighted by Gasteiger charge is 2.58. The zero-order chi connectivity index (χ0) is 27.2. The molecular formula is C29H32F5NO2. The molecule has 0 aliphatic carbocycles. The molecule has 3 rings (SSSR count). The number of alkyl halides is 5. The lowest BCUT2D eigenvalue weighted by Gasteiger charge is -2.28. The monoisotopic (exact) mass is 521 g/mol. The number of hydrogen-bond acceptors (Lipinski definition) is 3. The summed E-state index contributed by atoms with van der Waals surface area (Å²) in [5.41, 5.74) is 0.906. The van der Waals surface area contributed by atoms with E-state index < -0.39 is 23.8 Å². The lowest BCUT2D eigenvalue weighted by Crippen LogP contribution is -2.34. The fourth-order valence-electron chi connectivity index (χ4n) is 4.01. The summed E-state index contributed by atoms with van der Waals surface area (Å²) in [5.74, 6) is -3.45. The van der Waals surface area contributed by atoms with Crippen LogP contribution < -0.4 is 9.64 Å². The van der Waals surface area contributed by atoms with E-state index in [0.29, 0.717) is 29.5 Å². The third-order valence-corrected chi connectivity index (χ3v) is 6.02. The summed E-state index contributed by atoms with van der Waals surface area (Å²) in [7, 11) is 0. The van der Waals surface area contributed by atoms with Crippen LogP contribution in [0.4, 0.5) is 27.6 Å². The van der Waals surface area contributed by atoms with Gasteiger partial charge in [-0.3, -0.25) is 0 Å². The minimum Gasteiger partial charge on any atom is -0.457 e. The van der Waals surface area contributed by atoms with Crippen LogP contribution in [0.15, 0.2) is 72.8 Å². The van der Waals surface area contributed by atoms with Gasteiger partial charge in [-0.05, 0) is 53.8 Å². The van der Waals surface area contributed by atoms with Crippen LogP contribution in [0.5, 0.6) is 11.5 Å². The van der Waals surface area contributed by atoms with Crippen LogP contribution in [0.1, 0.15) is 56.2 Å². The molecule has 3 nitrogen and oxygen atoms in total. The first-order valence-corrected chi connectivity index (χ1v) is 12.3. The fraction of sp³-hybridized carbons (Fsp3) is 0.379. The number of anilines is 1. The number of aliphatic hydroxyl groups is 1. The molecule has 0 saturated heterocycles. The molecule has 0 radical (unpaired) electrons. The van der Waals surface area contributed by atoms with Crippen LogP contribution >= 0.6 is 0 Å². The van der Waals surface area contributed by atoms with Gasteiger partial charge < -0.3 is 14.7 Å². The van der Waals surface area contributed by atoms with Crippen molar-refractivity contribution in [1.29, 1.82) is 0 Å². The molecule has 3 aromatic rings. The van der Waals surface area contributed by atoms with Crippen LogP contribution in [0, 0.1) is 0 Å². The second-order valence-electron chi connectivity index (χ2n) is 9.42. The molecule has 37 heavy (non-hydrogen) atoms. The molecule has 8 heteroatoms. The van der Waals surface area contributed by atoms with E-state index in [2.05, 4.69) is 13.8 Å². The van der Waals surface area contributed by atoms with Gasteiger partial charge in [-0.25, -0.2) is 0 Å². The second kappa shape index (κ2) is 11.9. The summed E-state index contributed by atoms with van der Waals surface area (Å²) in [6, 6.07) is 19.1. The molecule has 0 aliphatic rings. The van der Waals surface area contributed by atoms with Gasteiger partial charge in [0.25, 0.3) is 0 Å². The molecule has 0 aromatic heterocycles. The Hall–Kier alpha value is -3.13. The quantitative estimate of drug-likeness (QED) is 0.257. The Kier molecular flexibility index (Phi) is 9.18. The predicted molar refractivity (Wildman–Crippen MR) is 135 cm³/mol. The molecule has 0 heterocycles. The van der Waals surface area contributed by atoms with E-state index in [0.717, 1.165) is 24.1 Å². The Bertz CT molecular complexity index is 1160. The molecule has 0 bridgehead atoms. The molecular weight excluding hydrogens is 489 g/mol. The van der Waals surface area contributed by atoms with Gasteiger partial charge in [0.1, 0.15) is 11.5 Å². The third kappa shape index (κ3) is 7.44. The number of ether oxygens (including phenoxy) is 1. The van der Waals surface area contributed by atoms with E-state index in [9.17, 15) is 27.1 Å². The van der Waals surface area contributed by atoms with Gasteiger partial charge in [0.05, 0.1) is 6.10 Å². The number of benzene rings is 3. The van der Waals surface area contributed by atoms with Crippen molar-refractivity contribution >= 4 is 5.69 Å². The van der Waals surface area contributed by atoms with Crippen LogP contribution in [0.2, 0.25) is 0 Å². The van der Waals surface area contributed by atoms with Crippen LogP contribution in [0.3, 0.4) is 0 Å². The lowest BCUT2D eigenvalue weighted by molar-refractivity contribution is -0.289. The Morgan fingerprint density at radius 1 is 0.865 bits per heavy atom. The largest absolute Gasteiger partial charge is 0.458 e. The average molecular weight is 522 g/mol. The zero-order valence-corrected chi connectivity index (χ0v) is 21.1. The molecule has 0 amide bonds. The molecule has 0 fully saturated rings. The van der Waals surface area contributed by atoms with Gasteiger partial charge in [0.15, 0.2) is 0 Å². The lowest BCUT2D eigenvalue weighted by atomic mass is 10.0. The SMILES string of the molecule is CCCC(O)CN(Cc1cccc(C(F)(F)C(F)(F)F)c1)c1cccc(Oc2cccc(C(C)C)c2)c1. The van der Waals surface area contributed by atoms with Crippen molar-refractivity contribution in [3.05, 3.63) is 89.5 Å². The maximum absolute atomic E-state index is 14.0. The highest BCUT2D eigenvalue weighted by Crippen LogP contribution is 2.44. The predicted octanol–water partition coefficient (Wildman–Crippen LogP) is 8.42. The zero-order valence-electron chi connectivity index (χ0n) is 21.1. The van der Waals surface area contributed by atoms with Crippen molar-refractivity contribution in [2.45, 2.75) is 64.3 Å². The maximum Gasteiger partial charge on any atom is 0.458 e. The Morgan fingerprint density at radius 2 is 1.51 bits per heavy atom. The van der Waals surface area contributed by atoms with Crippen molar-refractivity contribution < 1.29 is 31.8 Å². The Morgan fingerprint density at radius 3 is 2.16 bits per heavy atom. The Labute approximate surface area is 214 Å². The highest BCUT2D eigenvalue weighted by atomic mass is 19.4. The van der Waals surface area contributed by atoms with Gasteiger partial charge in [-0.1, -0.05) is 63.6 Å². The normalized spacial score (nSPS) is 13.0. The van der Waals surface area contributed by atoms with E-state index in [1.165, 1.54) is 12.1 Å². The first-order chi connectivity index (χ1) is 17.4. The fourth-order valence-corrected chi connectivity index (χ4v) is 4.01. The van der Waals surface area contributed by atoms with Crippen LogP contribution in [0.25, 0.3) is 0 Å². The van der Waals surface area contributed by atoms with E-state index in [4.69, 9.17) is 4.74 Å². The van der Waals surface area contributed by atoms with Crippen molar-refractivity contribution in [2.24, 2.45) is 0 Å². The molecule has 200 valence electrons. The number of aliphatic hydroxyl groups excluding tert-OH is 1. The molecule has 0 spiro atoms. The third-order valence-electron chi connectivity index (χ3n) is 6.02. The van der Waals surface area contributed by atoms with Crippen LogP contribution in [-0.2, 0) is 12.5 Å². The second-order valence-corrected chi connectivity index (χ2v) is 9.42. The van der Waals surface area contributed by atoms with Gasteiger partial charge in [0.2, 0.25) is 0 Å². The summed E-state index contributed by atoms with van der Waals surface area (Å²) in [5, 5.41) is 10.5. The number of nitrogens with zero attached hydrogens (tertiary/aromatic N) is 1. The Balaban J connectivity index is 1.90. The van der Waals surface area contributed by atoms with Crippen molar-refractivity contribution in [3.63, 3.8) is 0 Å². The van der Waals surface area contributed by atoms with Gasteiger partial charge >= 0.3 is 12.1 Å². The average Bonchev–Trinajstić information content (AvgIpc) is 2.83. The standard InChI is InChI=1S/C29H32F5NO2/c1-4-8-25(36)19-35(18-21-9-5-11-23(15-21)28(30,31)29(32,33)34)24-12-7-14-27(17-24)37-26-13-6-10-22(16-26)20(2)3/h5-7,9-17,20,25,36H,4,8,18-19H2,1-3H3. The summed E-state index contributed by atoms with van der Waals surface area (Å²) in [4.78, 5) is 1.75. The van der Waals surface area contributed by atoms with Gasteiger partial charge in [-0.15, -0.1) is 0 Å². The van der Waals surface area contributed by atoms with Crippen molar-refractivity contribution in [2.75, 3.05) is 11.4 Å². The summed E-state index contributed by atoms with van der Waals surface area (Å²) in [6.07, 6.45) is -5.16. The summed E-state index contributed by atoms with van der Waals surface area (Å²) >= 11 is 0.